The van der Waals surface area contributed by atoms with Crippen molar-refractivity contribution in [3.05, 3.63) is 60.7 Å². The number of fused-ring (bicyclic) bond motifs is 1. The fourth-order valence-corrected chi connectivity index (χ4v) is 4.99. The number of rotatable bonds is 8. The molecular weight excluding hydrogens is 504 g/mol. The maximum absolute atomic E-state index is 13.3. The number of amides is 2. The zero-order valence-electron chi connectivity index (χ0n) is 22.9. The Kier molecular flexibility index (Phi) is 8.26. The van der Waals surface area contributed by atoms with Gasteiger partial charge in [-0.05, 0) is 71.0 Å². The molecule has 0 aliphatic rings. The molecular formula is C28H36N4O5S. The highest BCUT2D eigenvalue weighted by Gasteiger charge is 2.29. The molecule has 3 N–H and O–H groups in total. The van der Waals surface area contributed by atoms with E-state index >= 15 is 0 Å². The molecule has 0 aliphatic heterocycles. The molecule has 0 aliphatic carbocycles. The van der Waals surface area contributed by atoms with Gasteiger partial charge < -0.3 is 20.3 Å². The van der Waals surface area contributed by atoms with Gasteiger partial charge in [-0.15, -0.1) is 0 Å². The molecule has 0 radical (unpaired) electrons. The highest BCUT2D eigenvalue weighted by atomic mass is 32.2. The van der Waals surface area contributed by atoms with E-state index in [0.717, 1.165) is 11.1 Å². The Balaban J connectivity index is 1.70. The number of ether oxygens (including phenoxy) is 1. The van der Waals surface area contributed by atoms with Gasteiger partial charge in [0.25, 0.3) is 10.0 Å². The van der Waals surface area contributed by atoms with Crippen LogP contribution in [0.2, 0.25) is 0 Å². The number of hydrogen-bond acceptors (Lipinski definition) is 6. The Morgan fingerprint density at radius 1 is 0.842 bits per heavy atom. The molecule has 9 nitrogen and oxygen atoms in total. The Bertz CT molecular complexity index is 1430. The van der Waals surface area contributed by atoms with Gasteiger partial charge in [-0.25, -0.2) is 13.2 Å². The van der Waals surface area contributed by atoms with Crippen LogP contribution >= 0.6 is 0 Å². The average Bonchev–Trinajstić information content (AvgIpc) is 2.82. The molecule has 0 saturated heterocycles. The van der Waals surface area contributed by atoms with Crippen molar-refractivity contribution in [2.75, 3.05) is 35.6 Å². The fourth-order valence-electron chi connectivity index (χ4n) is 3.71. The number of sulfonamides is 1. The number of benzene rings is 3. The number of hydrogen-bond donors (Lipinski definition) is 3. The minimum atomic E-state index is -3.88. The van der Waals surface area contributed by atoms with Crippen LogP contribution in [0.5, 0.6) is 0 Å². The normalized spacial score (nSPS) is 12.1. The molecule has 3 aromatic carbocycles. The zero-order valence-corrected chi connectivity index (χ0v) is 23.7. The summed E-state index contributed by atoms with van der Waals surface area (Å²) < 4.78 is 34.4. The first kappa shape index (κ1) is 28.8. The van der Waals surface area contributed by atoms with Crippen LogP contribution in [-0.4, -0.2) is 46.7 Å². The first-order valence-electron chi connectivity index (χ1n) is 12.2. The van der Waals surface area contributed by atoms with Crippen molar-refractivity contribution in [1.82, 2.24) is 5.32 Å². The molecule has 0 saturated carbocycles. The lowest BCUT2D eigenvalue weighted by atomic mass is 9.92. The standard InChI is InChI=1S/C28H36N4O5S/c1-27(2,3)37-26(34)29-18-28(4,5)25(33)30-19-14-16-20(17-15-19)31-38(35,36)24-13-9-10-21-22(24)11-8-12-23(21)32(6)7/h8-17,31H,18H2,1-7H3,(H,29,34)(H,30,33). The first-order valence-corrected chi connectivity index (χ1v) is 13.7. The summed E-state index contributed by atoms with van der Waals surface area (Å²) >= 11 is 0. The lowest BCUT2D eigenvalue weighted by Gasteiger charge is -2.25. The third kappa shape index (κ3) is 7.16. The third-order valence-corrected chi connectivity index (χ3v) is 7.15. The predicted octanol–water partition coefficient (Wildman–Crippen LogP) is 5.20. The van der Waals surface area contributed by atoms with Crippen molar-refractivity contribution < 1.29 is 22.7 Å². The molecule has 0 spiro atoms. The Morgan fingerprint density at radius 2 is 1.42 bits per heavy atom. The van der Waals surface area contributed by atoms with E-state index in [2.05, 4.69) is 15.4 Å². The van der Waals surface area contributed by atoms with Gasteiger partial charge >= 0.3 is 6.09 Å². The summed E-state index contributed by atoms with van der Waals surface area (Å²) in [6, 6.07) is 17.1. The average molecular weight is 541 g/mol. The van der Waals surface area contributed by atoms with Gasteiger partial charge in [-0.3, -0.25) is 9.52 Å². The van der Waals surface area contributed by atoms with Gasteiger partial charge in [0.2, 0.25) is 5.91 Å². The minimum Gasteiger partial charge on any atom is -0.444 e. The monoisotopic (exact) mass is 540 g/mol. The molecule has 0 heterocycles. The van der Waals surface area contributed by atoms with Crippen LogP contribution in [0.15, 0.2) is 65.6 Å². The van der Waals surface area contributed by atoms with E-state index in [1.807, 2.05) is 37.2 Å². The molecule has 0 atom stereocenters. The lowest BCUT2D eigenvalue weighted by Crippen LogP contribution is -2.43. The van der Waals surface area contributed by atoms with Crippen molar-refractivity contribution in [2.24, 2.45) is 5.41 Å². The number of carbonyl (C=O) groups is 2. The molecule has 10 heteroatoms. The van der Waals surface area contributed by atoms with Crippen molar-refractivity contribution in [3.8, 4) is 0 Å². The summed E-state index contributed by atoms with van der Waals surface area (Å²) in [7, 11) is -0.0583. The number of nitrogens with zero attached hydrogens (tertiary/aromatic N) is 1. The summed E-state index contributed by atoms with van der Waals surface area (Å²) in [5, 5.41) is 6.88. The second-order valence-corrected chi connectivity index (χ2v) is 12.5. The van der Waals surface area contributed by atoms with Crippen LogP contribution in [0.25, 0.3) is 10.8 Å². The van der Waals surface area contributed by atoms with Gasteiger partial charge in [0.05, 0.1) is 10.3 Å². The van der Waals surface area contributed by atoms with Gasteiger partial charge in [0.15, 0.2) is 0 Å². The molecule has 2 amide bonds. The van der Waals surface area contributed by atoms with Crippen LogP contribution in [0.1, 0.15) is 34.6 Å². The van der Waals surface area contributed by atoms with Crippen molar-refractivity contribution >= 4 is 49.9 Å². The van der Waals surface area contributed by atoms with Crippen LogP contribution < -0.4 is 20.3 Å². The minimum absolute atomic E-state index is 0.0756. The van der Waals surface area contributed by atoms with Crippen molar-refractivity contribution in [3.63, 3.8) is 0 Å². The summed E-state index contributed by atoms with van der Waals surface area (Å²) in [4.78, 5) is 26.9. The highest BCUT2D eigenvalue weighted by molar-refractivity contribution is 7.93. The summed E-state index contributed by atoms with van der Waals surface area (Å²) in [5.41, 5.74) is 0.210. The fraction of sp³-hybridized carbons (Fsp3) is 0.357. The predicted molar refractivity (Wildman–Crippen MR) is 152 cm³/mol. The second kappa shape index (κ2) is 10.9. The van der Waals surface area contributed by atoms with Gasteiger partial charge in [-0.1, -0.05) is 24.3 Å². The van der Waals surface area contributed by atoms with E-state index < -0.39 is 27.1 Å². The van der Waals surface area contributed by atoms with Gasteiger partial charge in [0, 0.05) is 48.5 Å². The maximum atomic E-state index is 13.3. The van der Waals surface area contributed by atoms with Crippen molar-refractivity contribution in [1.29, 1.82) is 0 Å². The summed E-state index contributed by atoms with van der Waals surface area (Å²) in [6.45, 7) is 8.76. The SMILES string of the molecule is CN(C)c1cccc2c(S(=O)(=O)Nc3ccc(NC(=O)C(C)(C)CNC(=O)OC(C)(C)C)cc3)cccc12. The molecule has 0 bridgehead atoms. The van der Waals surface area contributed by atoms with E-state index in [1.165, 1.54) is 0 Å². The Hall–Kier alpha value is -3.79. The molecule has 38 heavy (non-hydrogen) atoms. The number of nitrogens with one attached hydrogen (secondary N) is 3. The summed E-state index contributed by atoms with van der Waals surface area (Å²) in [6.07, 6.45) is -0.598. The molecule has 0 aromatic heterocycles. The lowest BCUT2D eigenvalue weighted by molar-refractivity contribution is -0.123. The molecule has 3 aromatic rings. The third-order valence-electron chi connectivity index (χ3n) is 5.71. The largest absolute Gasteiger partial charge is 0.444 e. The topological polar surface area (TPSA) is 117 Å². The van der Waals surface area contributed by atoms with Crippen LogP contribution in [-0.2, 0) is 19.6 Å². The van der Waals surface area contributed by atoms with Gasteiger partial charge in [0.1, 0.15) is 5.60 Å². The van der Waals surface area contributed by atoms with Crippen LogP contribution in [0.3, 0.4) is 0 Å². The van der Waals surface area contributed by atoms with E-state index in [9.17, 15) is 18.0 Å². The molecule has 3 rings (SSSR count). The zero-order chi connectivity index (χ0) is 28.3. The smallest absolute Gasteiger partial charge is 0.407 e. The maximum Gasteiger partial charge on any atom is 0.407 e. The number of anilines is 3. The van der Waals surface area contributed by atoms with E-state index in [0.29, 0.717) is 16.8 Å². The Labute approximate surface area is 224 Å². The van der Waals surface area contributed by atoms with Crippen LogP contribution in [0, 0.1) is 5.41 Å². The quantitative estimate of drug-likeness (QED) is 0.362. The second-order valence-electron chi connectivity index (χ2n) is 10.9. The molecule has 0 fully saturated rings. The van der Waals surface area contributed by atoms with Crippen molar-refractivity contribution in [2.45, 2.75) is 45.1 Å². The summed E-state index contributed by atoms with van der Waals surface area (Å²) in [5.74, 6) is -0.311. The van der Waals surface area contributed by atoms with E-state index in [1.54, 1.807) is 77.1 Å². The highest BCUT2D eigenvalue weighted by Crippen LogP contribution is 2.31. The molecule has 0 unspecified atom stereocenters. The number of alkyl carbamates (subject to hydrolysis) is 1. The van der Waals surface area contributed by atoms with E-state index in [4.69, 9.17) is 4.74 Å². The van der Waals surface area contributed by atoms with Gasteiger partial charge in [-0.2, -0.15) is 0 Å². The van der Waals surface area contributed by atoms with E-state index in [-0.39, 0.29) is 17.3 Å². The first-order chi connectivity index (χ1) is 17.6. The number of carbonyl (C=O) groups excluding carboxylic acids is 2. The molecule has 204 valence electrons. The van der Waals surface area contributed by atoms with Crippen LogP contribution in [0.4, 0.5) is 21.9 Å². The Morgan fingerprint density at radius 3 is 2.03 bits per heavy atom.